The van der Waals surface area contributed by atoms with E-state index < -0.39 is 12.1 Å². The molecule has 2 atom stereocenters. The van der Waals surface area contributed by atoms with E-state index in [0.29, 0.717) is 18.7 Å². The molecule has 0 aromatic carbocycles. The van der Waals surface area contributed by atoms with Crippen molar-refractivity contribution in [2.24, 2.45) is 5.92 Å². The minimum Gasteiger partial charge on any atom is -0.478 e. The predicted molar refractivity (Wildman–Crippen MR) is 65.4 cm³/mol. The Morgan fingerprint density at radius 2 is 2.11 bits per heavy atom. The number of hydrogen-bond donors (Lipinski definition) is 2. The molecular formula is C12H13NO4S. The van der Waals surface area contributed by atoms with E-state index >= 15 is 0 Å². The highest BCUT2D eigenvalue weighted by Crippen LogP contribution is 2.45. The molecule has 0 radical (unpaired) electrons. The summed E-state index contributed by atoms with van der Waals surface area (Å²) in [6.07, 6.45) is 0.932. The van der Waals surface area contributed by atoms with E-state index in [-0.39, 0.29) is 11.8 Å². The fraction of sp³-hybridized carbons (Fsp3) is 0.500. The topological polar surface area (TPSA) is 77.8 Å². The van der Waals surface area contributed by atoms with Crippen LogP contribution >= 0.6 is 11.3 Å². The van der Waals surface area contributed by atoms with E-state index in [1.54, 1.807) is 5.38 Å². The van der Waals surface area contributed by atoms with Crippen LogP contribution in [-0.4, -0.2) is 40.3 Å². The standard InChI is InChI=1S/C12H13NO4S/c14-11(15)8-5-18-9-2-1-6-3-13(12(16)17)4-7(6)10(8)9/h5-7H,1-4H2,(H,14,15)(H,16,17). The van der Waals surface area contributed by atoms with Crippen LogP contribution in [0.25, 0.3) is 0 Å². The first-order chi connectivity index (χ1) is 8.58. The van der Waals surface area contributed by atoms with Gasteiger partial charge >= 0.3 is 12.1 Å². The van der Waals surface area contributed by atoms with Gasteiger partial charge in [0.1, 0.15) is 0 Å². The highest BCUT2D eigenvalue weighted by atomic mass is 32.1. The van der Waals surface area contributed by atoms with Crippen LogP contribution in [0.2, 0.25) is 0 Å². The number of carboxylic acid groups (broad SMARTS) is 2. The van der Waals surface area contributed by atoms with Gasteiger partial charge in [-0.25, -0.2) is 9.59 Å². The molecule has 1 aliphatic heterocycles. The molecule has 1 aliphatic carbocycles. The Labute approximate surface area is 108 Å². The highest BCUT2D eigenvalue weighted by molar-refractivity contribution is 7.10. The number of carbonyl (C=O) groups is 2. The SMILES string of the molecule is O=C(O)c1csc2c1C1CN(C(=O)O)CC1CC2. The van der Waals surface area contributed by atoms with Crippen LogP contribution in [0.5, 0.6) is 0 Å². The summed E-state index contributed by atoms with van der Waals surface area (Å²) in [5.41, 5.74) is 1.27. The van der Waals surface area contributed by atoms with E-state index in [4.69, 9.17) is 5.11 Å². The van der Waals surface area contributed by atoms with Crippen molar-refractivity contribution in [2.45, 2.75) is 18.8 Å². The van der Waals surface area contributed by atoms with Gasteiger partial charge in [-0.05, 0) is 24.3 Å². The van der Waals surface area contributed by atoms with Gasteiger partial charge < -0.3 is 15.1 Å². The minimum atomic E-state index is -0.905. The van der Waals surface area contributed by atoms with Gasteiger partial charge in [0.15, 0.2) is 0 Å². The molecule has 1 aromatic heterocycles. The van der Waals surface area contributed by atoms with Gasteiger partial charge in [0.2, 0.25) is 0 Å². The number of aromatic carboxylic acids is 1. The number of amides is 1. The first-order valence-corrected chi connectivity index (χ1v) is 6.77. The van der Waals surface area contributed by atoms with Crippen molar-refractivity contribution in [2.75, 3.05) is 13.1 Å². The number of thiophene rings is 1. The lowest BCUT2D eigenvalue weighted by Gasteiger charge is -2.24. The lowest BCUT2D eigenvalue weighted by atomic mass is 9.79. The maximum Gasteiger partial charge on any atom is 0.407 e. The van der Waals surface area contributed by atoms with Crippen LogP contribution in [0, 0.1) is 5.92 Å². The Hall–Kier alpha value is -1.56. The zero-order valence-electron chi connectivity index (χ0n) is 9.63. The Bertz CT molecular complexity index is 524. The molecule has 2 N–H and O–H groups in total. The smallest absolute Gasteiger partial charge is 0.407 e. The molecule has 1 fully saturated rings. The van der Waals surface area contributed by atoms with Gasteiger partial charge in [-0.15, -0.1) is 11.3 Å². The Morgan fingerprint density at radius 1 is 1.33 bits per heavy atom. The summed E-state index contributed by atoms with van der Waals surface area (Å²) < 4.78 is 0. The van der Waals surface area contributed by atoms with Crippen molar-refractivity contribution in [3.63, 3.8) is 0 Å². The lowest BCUT2D eigenvalue weighted by Crippen LogP contribution is -2.26. The molecule has 1 aromatic rings. The average molecular weight is 267 g/mol. The molecule has 0 spiro atoms. The van der Waals surface area contributed by atoms with Gasteiger partial charge in [0.05, 0.1) is 5.56 Å². The molecule has 1 amide bonds. The summed E-state index contributed by atoms with van der Waals surface area (Å²) in [5.74, 6) is -0.551. The molecule has 2 heterocycles. The van der Waals surface area contributed by atoms with Gasteiger partial charge in [-0.1, -0.05) is 0 Å². The fourth-order valence-corrected chi connectivity index (χ4v) is 4.25. The van der Waals surface area contributed by atoms with Crippen molar-refractivity contribution in [1.29, 1.82) is 0 Å². The second-order valence-corrected chi connectivity index (χ2v) is 5.85. The molecule has 5 nitrogen and oxygen atoms in total. The summed E-state index contributed by atoms with van der Waals surface area (Å²) in [6.45, 7) is 0.971. The highest BCUT2D eigenvalue weighted by Gasteiger charge is 2.41. The third kappa shape index (κ3) is 1.59. The summed E-state index contributed by atoms with van der Waals surface area (Å²) in [6, 6.07) is 0. The minimum absolute atomic E-state index is 0.0715. The predicted octanol–water partition coefficient (Wildman–Crippen LogP) is 2.09. The van der Waals surface area contributed by atoms with Crippen molar-refractivity contribution < 1.29 is 19.8 Å². The number of aryl methyl sites for hydroxylation is 1. The molecule has 2 unspecified atom stereocenters. The lowest BCUT2D eigenvalue weighted by molar-refractivity contribution is 0.0695. The van der Waals surface area contributed by atoms with Crippen molar-refractivity contribution in [3.8, 4) is 0 Å². The molecule has 3 rings (SSSR count). The number of hydrogen-bond acceptors (Lipinski definition) is 3. The zero-order valence-corrected chi connectivity index (χ0v) is 10.4. The molecule has 1 saturated heterocycles. The van der Waals surface area contributed by atoms with Crippen LogP contribution in [0.15, 0.2) is 5.38 Å². The van der Waals surface area contributed by atoms with Crippen LogP contribution in [0.3, 0.4) is 0 Å². The maximum absolute atomic E-state index is 11.2. The number of likely N-dealkylation sites (tertiary alicyclic amines) is 1. The van der Waals surface area contributed by atoms with Gasteiger partial charge in [0.25, 0.3) is 0 Å². The average Bonchev–Trinajstić information content (AvgIpc) is 2.91. The Balaban J connectivity index is 1.99. The second kappa shape index (κ2) is 3.98. The largest absolute Gasteiger partial charge is 0.478 e. The van der Waals surface area contributed by atoms with E-state index in [1.165, 1.54) is 16.2 Å². The molecule has 6 heteroatoms. The third-order valence-electron chi connectivity index (χ3n) is 3.96. The third-order valence-corrected chi connectivity index (χ3v) is 5.03. The molecule has 0 saturated carbocycles. The Morgan fingerprint density at radius 3 is 2.78 bits per heavy atom. The van der Waals surface area contributed by atoms with Crippen molar-refractivity contribution in [3.05, 3.63) is 21.4 Å². The molecule has 0 bridgehead atoms. The van der Waals surface area contributed by atoms with E-state index in [2.05, 4.69) is 0 Å². The van der Waals surface area contributed by atoms with E-state index in [0.717, 1.165) is 23.3 Å². The van der Waals surface area contributed by atoms with E-state index in [1.807, 2.05) is 0 Å². The van der Waals surface area contributed by atoms with Gasteiger partial charge in [-0.2, -0.15) is 0 Å². The van der Waals surface area contributed by atoms with Gasteiger partial charge in [-0.3, -0.25) is 0 Å². The zero-order chi connectivity index (χ0) is 12.9. The summed E-state index contributed by atoms with van der Waals surface area (Å²) >= 11 is 1.49. The fourth-order valence-electron chi connectivity index (χ4n) is 3.14. The number of nitrogens with zero attached hydrogens (tertiary/aromatic N) is 1. The number of rotatable bonds is 1. The Kier molecular flexibility index (Phi) is 2.55. The maximum atomic E-state index is 11.2. The van der Waals surface area contributed by atoms with Crippen LogP contribution < -0.4 is 0 Å². The number of carboxylic acids is 1. The molecular weight excluding hydrogens is 254 g/mol. The molecule has 18 heavy (non-hydrogen) atoms. The quantitative estimate of drug-likeness (QED) is 0.816. The molecule has 96 valence electrons. The van der Waals surface area contributed by atoms with Gasteiger partial charge in [0, 0.05) is 29.3 Å². The number of fused-ring (bicyclic) bond motifs is 3. The summed E-state index contributed by atoms with van der Waals surface area (Å²) in [5, 5.41) is 19.9. The first kappa shape index (κ1) is 11.5. The van der Waals surface area contributed by atoms with Crippen molar-refractivity contribution in [1.82, 2.24) is 4.90 Å². The first-order valence-electron chi connectivity index (χ1n) is 5.89. The van der Waals surface area contributed by atoms with E-state index in [9.17, 15) is 14.7 Å². The van der Waals surface area contributed by atoms with Crippen LogP contribution in [0.4, 0.5) is 4.79 Å². The normalized spacial score (nSPS) is 25.7. The second-order valence-electron chi connectivity index (χ2n) is 4.88. The van der Waals surface area contributed by atoms with Crippen LogP contribution in [-0.2, 0) is 6.42 Å². The summed E-state index contributed by atoms with van der Waals surface area (Å²) in [7, 11) is 0. The van der Waals surface area contributed by atoms with Crippen molar-refractivity contribution >= 4 is 23.4 Å². The monoisotopic (exact) mass is 267 g/mol. The summed E-state index contributed by atoms with van der Waals surface area (Å²) in [4.78, 5) is 24.8. The molecule has 2 aliphatic rings. The van der Waals surface area contributed by atoms with Crippen LogP contribution in [0.1, 0.15) is 33.1 Å².